The molecule has 0 saturated carbocycles. The smallest absolute Gasteiger partial charge is 0.126 e. The fraction of sp³-hybridized carbons (Fsp3) is 0.294. The fourth-order valence-electron chi connectivity index (χ4n) is 3.09. The SMILES string of the molecule is [O-]N[C@H]1CN(Cc2ccccc2)C[C@@H]1c1cc(F)ccc1F. The summed E-state index contributed by atoms with van der Waals surface area (Å²) in [5, 5.41) is 11.2. The second-order valence-electron chi connectivity index (χ2n) is 5.68. The first-order chi connectivity index (χ1) is 10.7. The van der Waals surface area contributed by atoms with Gasteiger partial charge in [-0.05, 0) is 29.3 Å². The second kappa shape index (κ2) is 6.52. The van der Waals surface area contributed by atoms with Crippen LogP contribution in [-0.2, 0) is 6.54 Å². The summed E-state index contributed by atoms with van der Waals surface area (Å²) >= 11 is 0. The van der Waals surface area contributed by atoms with Crippen LogP contribution in [0.3, 0.4) is 0 Å². The van der Waals surface area contributed by atoms with Crippen molar-refractivity contribution in [1.29, 1.82) is 0 Å². The lowest BCUT2D eigenvalue weighted by Crippen LogP contribution is -2.31. The molecule has 2 aromatic carbocycles. The maximum Gasteiger partial charge on any atom is 0.126 e. The van der Waals surface area contributed by atoms with Crippen LogP contribution >= 0.6 is 0 Å². The number of likely N-dealkylation sites (tertiary alicyclic amines) is 1. The molecule has 22 heavy (non-hydrogen) atoms. The van der Waals surface area contributed by atoms with Crippen LogP contribution in [0.2, 0.25) is 0 Å². The Bertz CT molecular complexity index is 636. The Labute approximate surface area is 128 Å². The summed E-state index contributed by atoms with van der Waals surface area (Å²) in [5.74, 6) is -1.30. The zero-order chi connectivity index (χ0) is 15.5. The van der Waals surface area contributed by atoms with Crippen molar-refractivity contribution in [2.75, 3.05) is 13.1 Å². The average Bonchev–Trinajstić information content (AvgIpc) is 2.93. The molecular formula is C17H17F2N2O-. The van der Waals surface area contributed by atoms with Crippen LogP contribution in [0.1, 0.15) is 17.0 Å². The van der Waals surface area contributed by atoms with Gasteiger partial charge in [0.25, 0.3) is 0 Å². The lowest BCUT2D eigenvalue weighted by atomic mass is 9.94. The van der Waals surface area contributed by atoms with Crippen molar-refractivity contribution in [3.63, 3.8) is 0 Å². The van der Waals surface area contributed by atoms with Crippen molar-refractivity contribution >= 4 is 0 Å². The zero-order valence-electron chi connectivity index (χ0n) is 12.0. The Morgan fingerprint density at radius 1 is 1.09 bits per heavy atom. The molecule has 3 rings (SSSR count). The molecule has 5 heteroatoms. The monoisotopic (exact) mass is 303 g/mol. The van der Waals surface area contributed by atoms with Gasteiger partial charge in [-0.2, -0.15) is 0 Å². The molecule has 1 saturated heterocycles. The highest BCUT2D eigenvalue weighted by Crippen LogP contribution is 2.30. The molecule has 2 atom stereocenters. The summed E-state index contributed by atoms with van der Waals surface area (Å²) in [5.41, 5.74) is 3.39. The van der Waals surface area contributed by atoms with E-state index in [2.05, 4.69) is 4.90 Å². The lowest BCUT2D eigenvalue weighted by molar-refractivity contribution is 0.321. The summed E-state index contributed by atoms with van der Waals surface area (Å²) in [6, 6.07) is 12.8. The van der Waals surface area contributed by atoms with E-state index in [0.717, 1.165) is 17.7 Å². The number of nitrogens with one attached hydrogen (secondary N) is 1. The summed E-state index contributed by atoms with van der Waals surface area (Å²) in [4.78, 5) is 2.08. The molecule has 2 aromatic rings. The van der Waals surface area contributed by atoms with Crippen molar-refractivity contribution < 1.29 is 8.78 Å². The standard InChI is InChI=1S/C17H17F2N2O/c18-13-6-7-16(19)14(8-13)15-10-21(11-17(15)20-22)9-12-4-2-1-3-5-12/h1-8,15,17,20H,9-11H2/q-1/t15-,17+/m1/s1. The van der Waals surface area contributed by atoms with E-state index < -0.39 is 17.7 Å². The van der Waals surface area contributed by atoms with Crippen LogP contribution in [0.4, 0.5) is 8.78 Å². The number of benzene rings is 2. The summed E-state index contributed by atoms with van der Waals surface area (Å²) in [6.07, 6.45) is 0. The zero-order valence-corrected chi connectivity index (χ0v) is 12.0. The predicted octanol–water partition coefficient (Wildman–Crippen LogP) is 3.02. The van der Waals surface area contributed by atoms with Gasteiger partial charge in [-0.3, -0.25) is 4.90 Å². The molecule has 0 radical (unpaired) electrons. The minimum Gasteiger partial charge on any atom is -0.787 e. The van der Waals surface area contributed by atoms with E-state index in [1.54, 1.807) is 0 Å². The molecule has 1 aliphatic heterocycles. The fourth-order valence-corrected chi connectivity index (χ4v) is 3.09. The van der Waals surface area contributed by atoms with E-state index in [-0.39, 0.29) is 11.5 Å². The van der Waals surface area contributed by atoms with Crippen LogP contribution in [0.15, 0.2) is 48.5 Å². The number of rotatable bonds is 4. The van der Waals surface area contributed by atoms with Crippen molar-refractivity contribution in [1.82, 2.24) is 10.4 Å². The van der Waals surface area contributed by atoms with E-state index in [1.807, 2.05) is 35.8 Å². The van der Waals surface area contributed by atoms with E-state index in [0.29, 0.717) is 19.6 Å². The molecule has 1 heterocycles. The third kappa shape index (κ3) is 3.16. The first kappa shape index (κ1) is 15.1. The molecule has 0 spiro atoms. The van der Waals surface area contributed by atoms with Gasteiger partial charge in [-0.25, -0.2) is 8.78 Å². The number of hydrogen-bond donors (Lipinski definition) is 1. The molecule has 1 fully saturated rings. The van der Waals surface area contributed by atoms with Crippen LogP contribution in [-0.4, -0.2) is 24.0 Å². The molecule has 0 aliphatic carbocycles. The van der Waals surface area contributed by atoms with Crippen LogP contribution < -0.4 is 5.48 Å². The van der Waals surface area contributed by atoms with Gasteiger partial charge in [-0.15, -0.1) is 0 Å². The quantitative estimate of drug-likeness (QED) is 0.882. The summed E-state index contributed by atoms with van der Waals surface area (Å²) < 4.78 is 27.4. The minimum absolute atomic E-state index is 0.268. The minimum atomic E-state index is -0.484. The number of halogens is 2. The van der Waals surface area contributed by atoms with Gasteiger partial charge in [0, 0.05) is 31.6 Å². The Balaban J connectivity index is 1.79. The van der Waals surface area contributed by atoms with Crippen LogP contribution in [0.5, 0.6) is 0 Å². The van der Waals surface area contributed by atoms with Crippen molar-refractivity contribution in [3.05, 3.63) is 76.5 Å². The van der Waals surface area contributed by atoms with Gasteiger partial charge in [0.2, 0.25) is 0 Å². The molecular weight excluding hydrogens is 286 g/mol. The molecule has 3 nitrogen and oxygen atoms in total. The predicted molar refractivity (Wildman–Crippen MR) is 81.1 cm³/mol. The number of hydroxylamine groups is 1. The molecule has 0 unspecified atom stereocenters. The Morgan fingerprint density at radius 2 is 1.86 bits per heavy atom. The normalized spacial score (nSPS) is 22.1. The molecule has 0 amide bonds. The first-order valence-electron chi connectivity index (χ1n) is 7.26. The molecule has 1 aliphatic rings. The Kier molecular flexibility index (Phi) is 4.47. The highest BCUT2D eigenvalue weighted by Gasteiger charge is 2.33. The van der Waals surface area contributed by atoms with E-state index >= 15 is 0 Å². The van der Waals surface area contributed by atoms with Crippen molar-refractivity contribution in [2.24, 2.45) is 0 Å². The topological polar surface area (TPSA) is 38.3 Å². The summed E-state index contributed by atoms with van der Waals surface area (Å²) in [6.45, 7) is 1.72. The van der Waals surface area contributed by atoms with Gasteiger partial charge in [0.15, 0.2) is 0 Å². The largest absolute Gasteiger partial charge is 0.787 e. The maximum atomic E-state index is 14.0. The first-order valence-corrected chi connectivity index (χ1v) is 7.26. The maximum absolute atomic E-state index is 14.0. The van der Waals surface area contributed by atoms with Crippen LogP contribution in [0.25, 0.3) is 0 Å². The van der Waals surface area contributed by atoms with Gasteiger partial charge >= 0.3 is 0 Å². The van der Waals surface area contributed by atoms with E-state index in [9.17, 15) is 14.0 Å². The van der Waals surface area contributed by atoms with Crippen molar-refractivity contribution in [3.8, 4) is 0 Å². The van der Waals surface area contributed by atoms with Crippen LogP contribution in [0, 0.1) is 16.8 Å². The highest BCUT2D eigenvalue weighted by atomic mass is 19.1. The van der Waals surface area contributed by atoms with Gasteiger partial charge in [0.05, 0.1) is 0 Å². The lowest BCUT2D eigenvalue weighted by Gasteiger charge is -2.23. The Morgan fingerprint density at radius 3 is 2.59 bits per heavy atom. The third-order valence-corrected chi connectivity index (χ3v) is 4.15. The molecule has 0 aromatic heterocycles. The molecule has 0 bridgehead atoms. The third-order valence-electron chi connectivity index (χ3n) is 4.15. The van der Waals surface area contributed by atoms with E-state index in [4.69, 9.17) is 0 Å². The van der Waals surface area contributed by atoms with E-state index in [1.165, 1.54) is 6.07 Å². The van der Waals surface area contributed by atoms with Gasteiger partial charge in [0.1, 0.15) is 11.6 Å². The second-order valence-corrected chi connectivity index (χ2v) is 5.68. The number of hydrogen-bond acceptors (Lipinski definition) is 3. The summed E-state index contributed by atoms with van der Waals surface area (Å²) in [7, 11) is 0. The molecule has 116 valence electrons. The molecule has 1 N–H and O–H groups in total. The number of nitrogens with zero attached hydrogens (tertiary/aromatic N) is 1. The van der Waals surface area contributed by atoms with Gasteiger partial charge < -0.3 is 10.7 Å². The average molecular weight is 303 g/mol. The highest BCUT2D eigenvalue weighted by molar-refractivity contribution is 5.27. The Hall–Kier alpha value is -1.82. The van der Waals surface area contributed by atoms with Crippen molar-refractivity contribution in [2.45, 2.75) is 18.5 Å². The van der Waals surface area contributed by atoms with Gasteiger partial charge in [-0.1, -0.05) is 30.3 Å².